The summed E-state index contributed by atoms with van der Waals surface area (Å²) < 4.78 is 41.2. The molecule has 0 radical (unpaired) electrons. The molecule has 1 aliphatic rings. The van der Waals surface area contributed by atoms with Crippen LogP contribution in [-0.2, 0) is 10.0 Å². The van der Waals surface area contributed by atoms with Crippen LogP contribution in [0.5, 0.6) is 0 Å². The molecule has 0 amide bonds. The Kier molecular flexibility index (Phi) is 5.34. The molecule has 2 heterocycles. The van der Waals surface area contributed by atoms with Crippen molar-refractivity contribution in [1.82, 2.24) is 9.62 Å². The van der Waals surface area contributed by atoms with Gasteiger partial charge in [0.05, 0.1) is 0 Å². The van der Waals surface area contributed by atoms with Gasteiger partial charge in [-0.05, 0) is 62.7 Å². The first-order chi connectivity index (χ1) is 11.5. The highest BCUT2D eigenvalue weighted by Gasteiger charge is 2.26. The van der Waals surface area contributed by atoms with Crippen molar-refractivity contribution in [3.63, 3.8) is 0 Å². The molecule has 1 atom stereocenters. The van der Waals surface area contributed by atoms with Crippen LogP contribution in [0.3, 0.4) is 0 Å². The maximum absolute atomic E-state index is 13.2. The molecule has 0 saturated carbocycles. The molecule has 1 unspecified atom stereocenters. The van der Waals surface area contributed by atoms with Gasteiger partial charge in [0.1, 0.15) is 10.0 Å². The monoisotopic (exact) mass is 368 g/mol. The molecule has 24 heavy (non-hydrogen) atoms. The Morgan fingerprint density at radius 3 is 2.42 bits per heavy atom. The van der Waals surface area contributed by atoms with Gasteiger partial charge in [-0.15, -0.1) is 11.3 Å². The number of sulfonamides is 1. The Morgan fingerprint density at radius 2 is 1.83 bits per heavy atom. The molecular formula is C17H21FN2O2S2. The summed E-state index contributed by atoms with van der Waals surface area (Å²) in [6.45, 7) is 4.03. The normalized spacial score (nSPS) is 17.2. The van der Waals surface area contributed by atoms with Crippen LogP contribution in [0.25, 0.3) is 0 Å². The van der Waals surface area contributed by atoms with Gasteiger partial charge in [-0.1, -0.05) is 12.1 Å². The molecule has 1 saturated heterocycles. The topological polar surface area (TPSA) is 49.4 Å². The highest BCUT2D eigenvalue weighted by atomic mass is 32.2. The van der Waals surface area contributed by atoms with Gasteiger partial charge >= 0.3 is 0 Å². The third-order valence-corrected chi connectivity index (χ3v) is 7.20. The van der Waals surface area contributed by atoms with E-state index in [1.54, 1.807) is 24.3 Å². The molecule has 0 aliphatic carbocycles. The number of benzene rings is 1. The lowest BCUT2D eigenvalue weighted by molar-refractivity contribution is 0.246. The Morgan fingerprint density at radius 1 is 1.17 bits per heavy atom. The largest absolute Gasteiger partial charge is 0.295 e. The van der Waals surface area contributed by atoms with Crippen LogP contribution in [0.2, 0.25) is 0 Å². The van der Waals surface area contributed by atoms with Crippen LogP contribution >= 0.6 is 11.3 Å². The molecule has 1 aliphatic heterocycles. The molecule has 1 N–H and O–H groups in total. The van der Waals surface area contributed by atoms with Crippen LogP contribution in [0.4, 0.5) is 4.39 Å². The van der Waals surface area contributed by atoms with Crippen molar-refractivity contribution in [2.24, 2.45) is 0 Å². The number of nitrogens with zero attached hydrogens (tertiary/aromatic N) is 1. The van der Waals surface area contributed by atoms with E-state index in [2.05, 4.69) is 9.62 Å². The number of likely N-dealkylation sites (tertiary alicyclic amines) is 1. The third kappa shape index (κ3) is 4.03. The van der Waals surface area contributed by atoms with Gasteiger partial charge in [-0.2, -0.15) is 0 Å². The molecule has 1 fully saturated rings. The highest BCUT2D eigenvalue weighted by molar-refractivity contribution is 7.91. The predicted molar refractivity (Wildman–Crippen MR) is 94.2 cm³/mol. The van der Waals surface area contributed by atoms with Gasteiger partial charge in [-0.25, -0.2) is 17.5 Å². The first kappa shape index (κ1) is 17.5. The summed E-state index contributed by atoms with van der Waals surface area (Å²) in [6.07, 6.45) is 2.21. The predicted octanol–water partition coefficient (Wildman–Crippen LogP) is 3.31. The van der Waals surface area contributed by atoms with Crippen LogP contribution < -0.4 is 4.72 Å². The standard InChI is InChI=1S/C17H21FN2O2S2/c1-13-4-9-17(23-13)24(21,22)19-12-16(20-10-2-3-11-20)14-5-7-15(18)8-6-14/h4-9,16,19H,2-3,10-12H2,1H3. The van der Waals surface area contributed by atoms with Gasteiger partial charge in [-0.3, -0.25) is 4.90 Å². The SMILES string of the molecule is Cc1ccc(S(=O)(=O)NCC(c2ccc(F)cc2)N2CCCC2)s1. The average Bonchev–Trinajstić information content (AvgIpc) is 3.21. The Balaban J connectivity index is 1.78. The second kappa shape index (κ2) is 7.31. The minimum atomic E-state index is -3.51. The van der Waals surface area contributed by atoms with Gasteiger partial charge in [0.25, 0.3) is 0 Å². The molecular weight excluding hydrogens is 347 g/mol. The summed E-state index contributed by atoms with van der Waals surface area (Å²) in [5.41, 5.74) is 0.934. The van der Waals surface area contributed by atoms with E-state index in [0.29, 0.717) is 4.21 Å². The van der Waals surface area contributed by atoms with Crippen LogP contribution in [0, 0.1) is 12.7 Å². The quantitative estimate of drug-likeness (QED) is 0.851. The van der Waals surface area contributed by atoms with E-state index in [9.17, 15) is 12.8 Å². The summed E-state index contributed by atoms with van der Waals surface area (Å²) in [6, 6.07) is 9.68. The van der Waals surface area contributed by atoms with Gasteiger partial charge in [0.2, 0.25) is 10.0 Å². The van der Waals surface area contributed by atoms with Gasteiger partial charge < -0.3 is 0 Å². The minimum Gasteiger partial charge on any atom is -0.295 e. The number of hydrogen-bond donors (Lipinski definition) is 1. The molecule has 130 valence electrons. The van der Waals surface area contributed by atoms with E-state index in [0.717, 1.165) is 36.4 Å². The number of aryl methyl sites for hydroxylation is 1. The summed E-state index contributed by atoms with van der Waals surface area (Å²) >= 11 is 1.26. The maximum atomic E-state index is 13.2. The maximum Gasteiger partial charge on any atom is 0.250 e. The molecule has 1 aromatic heterocycles. The van der Waals surface area contributed by atoms with E-state index >= 15 is 0 Å². The minimum absolute atomic E-state index is 0.0797. The summed E-state index contributed by atoms with van der Waals surface area (Å²) in [5.74, 6) is -0.284. The molecule has 0 spiro atoms. The molecule has 1 aromatic carbocycles. The van der Waals surface area contributed by atoms with Crippen molar-refractivity contribution >= 4 is 21.4 Å². The number of halogens is 1. The van der Waals surface area contributed by atoms with Crippen LogP contribution in [0.15, 0.2) is 40.6 Å². The van der Waals surface area contributed by atoms with Crippen molar-refractivity contribution in [1.29, 1.82) is 0 Å². The van der Waals surface area contributed by atoms with Gasteiger partial charge in [0, 0.05) is 17.5 Å². The zero-order valence-corrected chi connectivity index (χ0v) is 15.2. The fourth-order valence-corrected chi connectivity index (χ4v) is 5.38. The number of hydrogen-bond acceptors (Lipinski definition) is 4. The first-order valence-electron chi connectivity index (χ1n) is 8.01. The van der Waals surface area contributed by atoms with Crippen molar-refractivity contribution in [3.05, 3.63) is 52.7 Å². The lowest BCUT2D eigenvalue weighted by atomic mass is 10.1. The second-order valence-corrected chi connectivity index (χ2v) is 9.31. The molecule has 7 heteroatoms. The van der Waals surface area contributed by atoms with E-state index in [-0.39, 0.29) is 18.4 Å². The summed E-state index contributed by atoms with van der Waals surface area (Å²) in [4.78, 5) is 3.22. The van der Waals surface area contributed by atoms with Crippen LogP contribution in [-0.4, -0.2) is 33.0 Å². The van der Waals surface area contributed by atoms with E-state index in [1.165, 1.54) is 23.5 Å². The third-order valence-electron chi connectivity index (χ3n) is 4.28. The average molecular weight is 368 g/mol. The fraction of sp³-hybridized carbons (Fsp3) is 0.412. The van der Waals surface area contributed by atoms with Gasteiger partial charge in [0.15, 0.2) is 0 Å². The molecule has 0 bridgehead atoms. The van der Waals surface area contributed by atoms with E-state index in [4.69, 9.17) is 0 Å². The highest BCUT2D eigenvalue weighted by Crippen LogP contribution is 2.26. The van der Waals surface area contributed by atoms with Crippen LogP contribution in [0.1, 0.15) is 29.3 Å². The van der Waals surface area contributed by atoms with Crippen molar-refractivity contribution in [2.45, 2.75) is 30.0 Å². The number of thiophene rings is 1. The second-order valence-electron chi connectivity index (χ2n) is 6.03. The zero-order chi connectivity index (χ0) is 17.2. The Hall–Kier alpha value is -1.28. The summed E-state index contributed by atoms with van der Waals surface area (Å²) in [7, 11) is -3.51. The molecule has 3 rings (SSSR count). The first-order valence-corrected chi connectivity index (χ1v) is 10.3. The van der Waals surface area contributed by atoms with Crippen molar-refractivity contribution in [3.8, 4) is 0 Å². The summed E-state index contributed by atoms with van der Waals surface area (Å²) in [5, 5.41) is 0. The molecule has 2 aromatic rings. The Labute approximate surface area is 146 Å². The lowest BCUT2D eigenvalue weighted by Gasteiger charge is -2.28. The fourth-order valence-electron chi connectivity index (χ4n) is 3.01. The van der Waals surface area contributed by atoms with Crippen molar-refractivity contribution < 1.29 is 12.8 Å². The smallest absolute Gasteiger partial charge is 0.250 e. The zero-order valence-electron chi connectivity index (χ0n) is 13.5. The van der Waals surface area contributed by atoms with E-state index in [1.807, 2.05) is 6.92 Å². The Bertz CT molecular complexity index is 781. The number of nitrogens with one attached hydrogen (secondary N) is 1. The lowest BCUT2D eigenvalue weighted by Crippen LogP contribution is -2.36. The molecule has 4 nitrogen and oxygen atoms in total. The van der Waals surface area contributed by atoms with E-state index < -0.39 is 10.0 Å². The van der Waals surface area contributed by atoms with Crippen molar-refractivity contribution in [2.75, 3.05) is 19.6 Å². The number of rotatable bonds is 6.